The van der Waals surface area contributed by atoms with E-state index in [1.54, 1.807) is 0 Å². The van der Waals surface area contributed by atoms with Crippen LogP contribution < -0.4 is 5.32 Å². The van der Waals surface area contributed by atoms with Crippen molar-refractivity contribution in [3.05, 3.63) is 0 Å². The van der Waals surface area contributed by atoms with Crippen LogP contribution >= 0.6 is 0 Å². The zero-order chi connectivity index (χ0) is 36.3. The molecule has 0 aliphatic carbocycles. The number of amides is 1. The Morgan fingerprint density at radius 2 is 0.857 bits per heavy atom. The lowest BCUT2D eigenvalue weighted by molar-refractivity contribution is -0.385. The van der Waals surface area contributed by atoms with Gasteiger partial charge in [-0.25, -0.2) is 0 Å². The highest BCUT2D eigenvalue weighted by Gasteiger charge is 2.55. The Morgan fingerprint density at radius 1 is 0.510 bits per heavy atom. The van der Waals surface area contributed by atoms with E-state index in [1.807, 2.05) is 0 Å². The summed E-state index contributed by atoms with van der Waals surface area (Å²) in [5, 5.41) is 127. The van der Waals surface area contributed by atoms with Gasteiger partial charge in [-0.1, -0.05) is 0 Å². The van der Waals surface area contributed by atoms with Crippen LogP contribution in [0.5, 0.6) is 0 Å². The Hall–Kier alpha value is -1.33. The molecule has 4 fully saturated rings. The van der Waals surface area contributed by atoms with Gasteiger partial charge in [0.05, 0.1) is 26.4 Å². The summed E-state index contributed by atoms with van der Waals surface area (Å²) >= 11 is 0. The molecule has 0 bridgehead atoms. The maximum atomic E-state index is 11.8. The second-order valence-electron chi connectivity index (χ2n) is 12.1. The monoisotopic (exact) mass is 721 g/mol. The van der Waals surface area contributed by atoms with Gasteiger partial charge in [0.15, 0.2) is 25.2 Å². The number of carbonyl (C=O) groups is 1. The number of nitrogens with one attached hydrogen (secondary N) is 1. The van der Waals surface area contributed by atoms with Crippen LogP contribution in [0.1, 0.15) is 6.92 Å². The molecule has 1 unspecified atom stereocenters. The highest BCUT2D eigenvalue weighted by atomic mass is 16.8. The summed E-state index contributed by atoms with van der Waals surface area (Å²) in [4.78, 5) is 11.8. The third-order valence-corrected chi connectivity index (χ3v) is 8.82. The predicted octanol–water partition coefficient (Wildman–Crippen LogP) is -8.95. The molecule has 4 heterocycles. The van der Waals surface area contributed by atoms with Crippen LogP contribution in [-0.4, -0.2) is 223 Å². The molecule has 0 aromatic carbocycles. The Labute approximate surface area is 278 Å². The number of methoxy groups -OCH3 is 1. The van der Waals surface area contributed by atoms with Crippen molar-refractivity contribution in [2.24, 2.45) is 0 Å². The van der Waals surface area contributed by atoms with Gasteiger partial charge < -0.3 is 104 Å². The van der Waals surface area contributed by atoms with Crippen molar-refractivity contribution in [2.45, 2.75) is 130 Å². The molecule has 4 rings (SSSR count). The molecule has 4 aliphatic heterocycles. The number of aliphatic hydroxyl groups excluding tert-OH is 12. The molecule has 4 saturated heterocycles. The van der Waals surface area contributed by atoms with Crippen molar-refractivity contribution in [3.63, 3.8) is 0 Å². The molecule has 22 nitrogen and oxygen atoms in total. The fourth-order valence-corrected chi connectivity index (χ4v) is 6.13. The molecule has 49 heavy (non-hydrogen) atoms. The first-order valence-electron chi connectivity index (χ1n) is 15.5. The largest absolute Gasteiger partial charge is 0.394 e. The van der Waals surface area contributed by atoms with Gasteiger partial charge in [-0.3, -0.25) is 4.79 Å². The molecule has 13 N–H and O–H groups in total. The average Bonchev–Trinajstić information content (AvgIpc) is 3.08. The highest BCUT2D eigenvalue weighted by Crippen LogP contribution is 2.34. The van der Waals surface area contributed by atoms with Crippen LogP contribution in [-0.2, 0) is 42.7 Å². The van der Waals surface area contributed by atoms with E-state index in [0.717, 1.165) is 6.92 Å². The highest BCUT2D eigenvalue weighted by molar-refractivity contribution is 5.73. The van der Waals surface area contributed by atoms with Crippen LogP contribution in [0, 0.1) is 0 Å². The van der Waals surface area contributed by atoms with Gasteiger partial charge in [-0.15, -0.1) is 0 Å². The lowest BCUT2D eigenvalue weighted by Crippen LogP contribution is -2.68. The number of ether oxygens (including phenoxy) is 8. The first-order valence-corrected chi connectivity index (χ1v) is 15.5. The lowest BCUT2D eigenvalue weighted by atomic mass is 9.95. The van der Waals surface area contributed by atoms with Crippen molar-refractivity contribution < 1.29 is 104 Å². The molecule has 0 aromatic rings. The number of hydrogen-bond acceptors (Lipinski definition) is 21. The summed E-state index contributed by atoms with van der Waals surface area (Å²) in [6.45, 7) is -2.18. The fraction of sp³-hybridized carbons (Fsp3) is 0.963. The summed E-state index contributed by atoms with van der Waals surface area (Å²) in [6, 6.07) is -1.44. The molecule has 286 valence electrons. The van der Waals surface area contributed by atoms with E-state index in [0.29, 0.717) is 0 Å². The minimum absolute atomic E-state index is 0.668. The molecule has 0 saturated carbocycles. The number of aliphatic hydroxyl groups is 12. The van der Waals surface area contributed by atoms with Crippen LogP contribution in [0.15, 0.2) is 0 Å². The summed E-state index contributed by atoms with van der Waals surface area (Å²) in [5.41, 5.74) is 0. The van der Waals surface area contributed by atoms with E-state index in [-0.39, 0.29) is 0 Å². The van der Waals surface area contributed by atoms with E-state index in [1.165, 1.54) is 7.11 Å². The normalized spacial score (nSPS) is 49.4. The summed E-state index contributed by atoms with van der Waals surface area (Å²) in [7, 11) is 1.19. The maximum absolute atomic E-state index is 11.8. The summed E-state index contributed by atoms with van der Waals surface area (Å²) in [5.74, 6) is -0.668. The Morgan fingerprint density at radius 3 is 1.22 bits per heavy atom. The van der Waals surface area contributed by atoms with E-state index in [9.17, 15) is 66.1 Å². The van der Waals surface area contributed by atoms with Gasteiger partial charge in [0.1, 0.15) is 97.6 Å². The van der Waals surface area contributed by atoms with E-state index in [4.69, 9.17) is 37.9 Å². The summed E-state index contributed by atoms with van der Waals surface area (Å²) < 4.78 is 43.9. The third kappa shape index (κ3) is 8.50. The third-order valence-electron chi connectivity index (χ3n) is 8.82. The van der Waals surface area contributed by atoms with E-state index < -0.39 is 155 Å². The SMILES string of the molecule is COC1O[C@H](CO)[C@@H](O[C@@H]2O[C@H](CO)[C@H](O[C@@H]3O[C@H](CO)[C@H](O[C@H]4O[C@H](CO)[C@H](O)[C@H](O)[C@H]4NC(C)=O)[C@H](O)[C@H]3O)[C@H](O)[C@H]2O)[C@H](O)[C@H]1O. The molecule has 4 aliphatic rings. The zero-order valence-corrected chi connectivity index (χ0v) is 26.4. The first-order chi connectivity index (χ1) is 23.2. The van der Waals surface area contributed by atoms with Gasteiger partial charge in [0.25, 0.3) is 0 Å². The number of rotatable bonds is 12. The second kappa shape index (κ2) is 17.5. The van der Waals surface area contributed by atoms with Gasteiger partial charge >= 0.3 is 0 Å². The smallest absolute Gasteiger partial charge is 0.217 e. The van der Waals surface area contributed by atoms with Gasteiger partial charge in [-0.2, -0.15) is 0 Å². The number of hydrogen-bond donors (Lipinski definition) is 13. The van der Waals surface area contributed by atoms with Crippen LogP contribution in [0.2, 0.25) is 0 Å². The van der Waals surface area contributed by atoms with E-state index >= 15 is 0 Å². The molecular formula is C27H47NO21. The second-order valence-corrected chi connectivity index (χ2v) is 12.1. The fourth-order valence-electron chi connectivity index (χ4n) is 6.13. The standard InChI is InChI=1S/C27H47NO21/c1-7(33)28-12-14(35)13(34)8(3-29)43-24(12)47-21-10(5-31)45-26(19(40)16(21)37)49-23-11(6-32)46-27(20(41)17(23)38)48-22-9(4-30)44-25(42-2)18(39)15(22)36/h8-27,29-32,34-41H,3-6H2,1-2H3,(H,28,33)/t8-,9-,10-,11-,12-,13+,14-,15-,16-,17-,18-,19-,20-,21+,22-,23+,24-,25?,26+,27+/m1/s1. The average molecular weight is 722 g/mol. The minimum Gasteiger partial charge on any atom is -0.394 e. The molecule has 20 atom stereocenters. The molecule has 0 radical (unpaired) electrons. The van der Waals surface area contributed by atoms with Crippen LogP contribution in [0.4, 0.5) is 0 Å². The van der Waals surface area contributed by atoms with Crippen LogP contribution in [0.25, 0.3) is 0 Å². The van der Waals surface area contributed by atoms with Crippen molar-refractivity contribution >= 4 is 5.91 Å². The maximum Gasteiger partial charge on any atom is 0.217 e. The zero-order valence-electron chi connectivity index (χ0n) is 26.4. The van der Waals surface area contributed by atoms with Crippen molar-refractivity contribution in [2.75, 3.05) is 33.5 Å². The first kappa shape index (κ1) is 40.4. The Bertz CT molecular complexity index is 1040. The van der Waals surface area contributed by atoms with Crippen molar-refractivity contribution in [3.8, 4) is 0 Å². The molecule has 0 aromatic heterocycles. The topological polar surface area (TPSA) is 346 Å². The summed E-state index contributed by atoms with van der Waals surface area (Å²) in [6.07, 6.45) is -31.9. The minimum atomic E-state index is -2.02. The van der Waals surface area contributed by atoms with Gasteiger partial charge in [0.2, 0.25) is 5.91 Å². The van der Waals surface area contributed by atoms with E-state index in [2.05, 4.69) is 5.32 Å². The Balaban J connectivity index is 1.46. The van der Waals surface area contributed by atoms with Crippen molar-refractivity contribution in [1.29, 1.82) is 0 Å². The molecule has 0 spiro atoms. The quantitative estimate of drug-likeness (QED) is 0.0889. The predicted molar refractivity (Wildman–Crippen MR) is 150 cm³/mol. The van der Waals surface area contributed by atoms with Gasteiger partial charge in [0, 0.05) is 14.0 Å². The molecule has 22 heteroatoms. The molecular weight excluding hydrogens is 674 g/mol. The Kier molecular flexibility index (Phi) is 14.4. The van der Waals surface area contributed by atoms with Crippen LogP contribution in [0.3, 0.4) is 0 Å². The number of carbonyl (C=O) groups excluding carboxylic acids is 1. The lowest BCUT2D eigenvalue weighted by Gasteiger charge is -2.49. The van der Waals surface area contributed by atoms with Crippen molar-refractivity contribution in [1.82, 2.24) is 5.32 Å². The molecule has 1 amide bonds. The van der Waals surface area contributed by atoms with Gasteiger partial charge in [-0.05, 0) is 0 Å².